The Morgan fingerprint density at radius 3 is 2.05 bits per heavy atom. The summed E-state index contributed by atoms with van der Waals surface area (Å²) in [7, 11) is 0. The molecule has 2 heteroatoms. The summed E-state index contributed by atoms with van der Waals surface area (Å²) in [4.78, 5) is 2.42. The van der Waals surface area contributed by atoms with Crippen LogP contribution >= 0.6 is 0 Å². The standard InChI is InChI=1S/C18H21NO/c1-14-3-7-16(8-4-14)11-19-12-18(13-19)20-17-9-5-15(2)6-10-17/h3-10,18H,11-13H2,1-2H3. The van der Waals surface area contributed by atoms with Crippen molar-refractivity contribution in [2.75, 3.05) is 13.1 Å². The largest absolute Gasteiger partial charge is 0.488 e. The third-order valence-electron chi connectivity index (χ3n) is 3.77. The smallest absolute Gasteiger partial charge is 0.124 e. The topological polar surface area (TPSA) is 12.5 Å². The molecule has 0 bridgehead atoms. The highest BCUT2D eigenvalue weighted by Gasteiger charge is 2.28. The van der Waals surface area contributed by atoms with E-state index < -0.39 is 0 Å². The van der Waals surface area contributed by atoms with Crippen LogP contribution in [0.3, 0.4) is 0 Å². The molecule has 1 saturated heterocycles. The molecule has 0 radical (unpaired) electrons. The van der Waals surface area contributed by atoms with Crippen LogP contribution in [-0.4, -0.2) is 24.1 Å². The van der Waals surface area contributed by atoms with Crippen molar-refractivity contribution < 1.29 is 4.74 Å². The van der Waals surface area contributed by atoms with E-state index in [1.807, 2.05) is 0 Å². The van der Waals surface area contributed by atoms with E-state index in [4.69, 9.17) is 4.74 Å². The molecule has 0 spiro atoms. The summed E-state index contributed by atoms with van der Waals surface area (Å²) in [5.74, 6) is 0.982. The lowest BCUT2D eigenvalue weighted by atomic mass is 10.1. The fourth-order valence-electron chi connectivity index (χ4n) is 2.49. The van der Waals surface area contributed by atoms with Gasteiger partial charge in [-0.3, -0.25) is 4.90 Å². The summed E-state index contributed by atoms with van der Waals surface area (Å²) in [5.41, 5.74) is 3.97. The number of nitrogens with zero attached hydrogens (tertiary/aromatic N) is 1. The van der Waals surface area contributed by atoms with Gasteiger partial charge in [0.05, 0.1) is 0 Å². The molecule has 2 nitrogen and oxygen atoms in total. The zero-order chi connectivity index (χ0) is 13.9. The molecule has 0 saturated carbocycles. The van der Waals surface area contributed by atoms with Gasteiger partial charge in [0.1, 0.15) is 11.9 Å². The number of likely N-dealkylation sites (tertiary alicyclic amines) is 1. The Hall–Kier alpha value is -1.80. The Bertz CT molecular complexity index is 501. The van der Waals surface area contributed by atoms with Gasteiger partial charge in [-0.15, -0.1) is 0 Å². The Morgan fingerprint density at radius 2 is 1.45 bits per heavy atom. The predicted octanol–water partition coefficient (Wildman–Crippen LogP) is 3.57. The van der Waals surface area contributed by atoms with Crippen LogP contribution in [0.4, 0.5) is 0 Å². The second kappa shape index (κ2) is 5.68. The van der Waals surface area contributed by atoms with Gasteiger partial charge in [0, 0.05) is 19.6 Å². The third kappa shape index (κ3) is 3.20. The predicted molar refractivity (Wildman–Crippen MR) is 82.1 cm³/mol. The van der Waals surface area contributed by atoms with Gasteiger partial charge in [-0.05, 0) is 31.5 Å². The molecule has 1 fully saturated rings. The summed E-state index contributed by atoms with van der Waals surface area (Å²) in [6, 6.07) is 17.1. The van der Waals surface area contributed by atoms with Gasteiger partial charge in [-0.1, -0.05) is 47.5 Å². The second-order valence-corrected chi connectivity index (χ2v) is 5.73. The Morgan fingerprint density at radius 1 is 0.900 bits per heavy atom. The summed E-state index contributed by atoms with van der Waals surface area (Å²) >= 11 is 0. The number of aryl methyl sites for hydroxylation is 2. The van der Waals surface area contributed by atoms with E-state index in [2.05, 4.69) is 67.3 Å². The zero-order valence-corrected chi connectivity index (χ0v) is 12.2. The van der Waals surface area contributed by atoms with Crippen molar-refractivity contribution in [2.24, 2.45) is 0 Å². The lowest BCUT2D eigenvalue weighted by Crippen LogP contribution is -2.53. The van der Waals surface area contributed by atoms with E-state index in [0.717, 1.165) is 25.4 Å². The number of benzene rings is 2. The van der Waals surface area contributed by atoms with Crippen LogP contribution in [0.15, 0.2) is 48.5 Å². The molecule has 1 aliphatic rings. The molecule has 1 heterocycles. The van der Waals surface area contributed by atoms with Crippen LogP contribution < -0.4 is 4.74 Å². The molecule has 0 atom stereocenters. The molecule has 3 rings (SSSR count). The monoisotopic (exact) mass is 267 g/mol. The lowest BCUT2D eigenvalue weighted by molar-refractivity contribution is 0.0146. The summed E-state index contributed by atoms with van der Waals surface area (Å²) < 4.78 is 5.95. The molecule has 2 aromatic rings. The average molecular weight is 267 g/mol. The van der Waals surface area contributed by atoms with E-state index in [9.17, 15) is 0 Å². The Kier molecular flexibility index (Phi) is 3.75. The number of ether oxygens (including phenoxy) is 1. The molecular formula is C18H21NO. The molecule has 0 aliphatic carbocycles. The van der Waals surface area contributed by atoms with E-state index in [-0.39, 0.29) is 0 Å². The quantitative estimate of drug-likeness (QED) is 0.839. The third-order valence-corrected chi connectivity index (χ3v) is 3.77. The van der Waals surface area contributed by atoms with Crippen molar-refractivity contribution >= 4 is 0 Å². The summed E-state index contributed by atoms with van der Waals surface area (Å²) in [6.07, 6.45) is 0.336. The van der Waals surface area contributed by atoms with E-state index in [0.29, 0.717) is 6.10 Å². The zero-order valence-electron chi connectivity index (χ0n) is 12.2. The van der Waals surface area contributed by atoms with Crippen LogP contribution in [0.25, 0.3) is 0 Å². The normalized spacial score (nSPS) is 15.9. The van der Waals surface area contributed by atoms with Gasteiger partial charge in [0.15, 0.2) is 0 Å². The van der Waals surface area contributed by atoms with E-state index in [1.165, 1.54) is 16.7 Å². The average Bonchev–Trinajstić information content (AvgIpc) is 2.41. The highest BCUT2D eigenvalue weighted by Crippen LogP contribution is 2.20. The molecule has 2 aromatic carbocycles. The number of hydrogen-bond donors (Lipinski definition) is 0. The minimum Gasteiger partial charge on any atom is -0.488 e. The van der Waals surface area contributed by atoms with Crippen molar-refractivity contribution in [3.05, 3.63) is 65.2 Å². The van der Waals surface area contributed by atoms with Crippen molar-refractivity contribution in [3.63, 3.8) is 0 Å². The summed E-state index contributed by atoms with van der Waals surface area (Å²) in [6.45, 7) is 7.27. The van der Waals surface area contributed by atoms with Crippen LogP contribution in [0, 0.1) is 13.8 Å². The first kappa shape index (κ1) is 13.2. The van der Waals surface area contributed by atoms with Crippen molar-refractivity contribution in [1.82, 2.24) is 4.90 Å². The van der Waals surface area contributed by atoms with Gasteiger partial charge in [-0.25, -0.2) is 0 Å². The van der Waals surface area contributed by atoms with Gasteiger partial charge >= 0.3 is 0 Å². The maximum absolute atomic E-state index is 5.95. The minimum absolute atomic E-state index is 0.336. The summed E-state index contributed by atoms with van der Waals surface area (Å²) in [5, 5.41) is 0. The molecule has 0 amide bonds. The second-order valence-electron chi connectivity index (χ2n) is 5.73. The van der Waals surface area contributed by atoms with Crippen LogP contribution in [0.5, 0.6) is 5.75 Å². The van der Waals surface area contributed by atoms with E-state index >= 15 is 0 Å². The number of hydrogen-bond acceptors (Lipinski definition) is 2. The van der Waals surface area contributed by atoms with Crippen molar-refractivity contribution in [3.8, 4) is 5.75 Å². The highest BCUT2D eigenvalue weighted by molar-refractivity contribution is 5.27. The van der Waals surface area contributed by atoms with E-state index in [1.54, 1.807) is 0 Å². The fourth-order valence-corrected chi connectivity index (χ4v) is 2.49. The van der Waals surface area contributed by atoms with Crippen molar-refractivity contribution in [2.45, 2.75) is 26.5 Å². The highest BCUT2D eigenvalue weighted by atomic mass is 16.5. The first-order valence-electron chi connectivity index (χ1n) is 7.20. The fraction of sp³-hybridized carbons (Fsp3) is 0.333. The van der Waals surface area contributed by atoms with Crippen LogP contribution in [0.1, 0.15) is 16.7 Å². The number of rotatable bonds is 4. The van der Waals surface area contributed by atoms with Gasteiger partial charge in [-0.2, -0.15) is 0 Å². The molecule has 0 unspecified atom stereocenters. The van der Waals surface area contributed by atoms with Crippen LogP contribution in [-0.2, 0) is 6.54 Å². The SMILES string of the molecule is Cc1ccc(CN2CC(Oc3ccc(C)cc3)C2)cc1. The van der Waals surface area contributed by atoms with Gasteiger partial charge < -0.3 is 4.74 Å². The molecule has 0 aromatic heterocycles. The molecule has 104 valence electrons. The Labute approximate surface area is 121 Å². The first-order valence-corrected chi connectivity index (χ1v) is 7.20. The Balaban J connectivity index is 1.46. The minimum atomic E-state index is 0.336. The van der Waals surface area contributed by atoms with Gasteiger partial charge in [0.25, 0.3) is 0 Å². The van der Waals surface area contributed by atoms with Crippen molar-refractivity contribution in [1.29, 1.82) is 0 Å². The van der Waals surface area contributed by atoms with Crippen LogP contribution in [0.2, 0.25) is 0 Å². The molecule has 1 aliphatic heterocycles. The molecule has 20 heavy (non-hydrogen) atoms. The molecule has 0 N–H and O–H groups in total. The maximum Gasteiger partial charge on any atom is 0.124 e. The first-order chi connectivity index (χ1) is 9.69. The lowest BCUT2D eigenvalue weighted by Gasteiger charge is -2.39. The maximum atomic E-state index is 5.95. The van der Waals surface area contributed by atoms with Gasteiger partial charge in [0.2, 0.25) is 0 Å². The molecular weight excluding hydrogens is 246 g/mol.